The lowest BCUT2D eigenvalue weighted by Gasteiger charge is -2.51. The number of fused-ring (bicyclic) bond motifs is 4. The highest BCUT2D eigenvalue weighted by molar-refractivity contribution is 7.88. The molecule has 0 aromatic heterocycles. The van der Waals surface area contributed by atoms with Gasteiger partial charge in [0.25, 0.3) is 0 Å². The number of ether oxygens (including phenoxy) is 3. The second-order valence-electron chi connectivity index (χ2n) is 8.32. The number of piperidine rings is 1. The van der Waals surface area contributed by atoms with Gasteiger partial charge in [-0.15, -0.1) is 0 Å². The van der Waals surface area contributed by atoms with Crippen LogP contribution >= 0.6 is 0 Å². The van der Waals surface area contributed by atoms with Crippen molar-refractivity contribution in [3.8, 4) is 17.2 Å². The normalized spacial score (nSPS) is 22.3. The fourth-order valence-electron chi connectivity index (χ4n) is 4.77. The zero-order valence-electron chi connectivity index (χ0n) is 18.4. The van der Waals surface area contributed by atoms with E-state index >= 15 is 0 Å². The maximum atomic E-state index is 12.1. The largest absolute Gasteiger partial charge is 0.497 e. The van der Waals surface area contributed by atoms with E-state index in [1.54, 1.807) is 14.2 Å². The van der Waals surface area contributed by atoms with Gasteiger partial charge in [0.1, 0.15) is 5.75 Å². The van der Waals surface area contributed by atoms with Crippen LogP contribution in [0.4, 0.5) is 0 Å². The molecule has 0 saturated carbocycles. The van der Waals surface area contributed by atoms with Gasteiger partial charge in [0, 0.05) is 31.5 Å². The first kappa shape index (κ1) is 21.1. The van der Waals surface area contributed by atoms with Crippen LogP contribution in [0.1, 0.15) is 30.0 Å². The maximum Gasteiger partial charge on any atom is 0.211 e. The molecular weight excluding hydrogens is 430 g/mol. The minimum Gasteiger partial charge on any atom is -0.497 e. The van der Waals surface area contributed by atoms with Gasteiger partial charge in [-0.3, -0.25) is 0 Å². The molecule has 0 bridgehead atoms. The summed E-state index contributed by atoms with van der Waals surface area (Å²) in [5, 5.41) is 2.13. The van der Waals surface area contributed by atoms with Crippen molar-refractivity contribution in [1.82, 2.24) is 14.7 Å². The SMILES string of the molecule is COc1ccc(C2=C[C@H]3c4cccc(OC)c4OC4(CCN(S(C)(=O)=O)CC4)N3N2)cc1. The number of para-hydroxylation sites is 1. The molecule has 1 N–H and O–H groups in total. The Morgan fingerprint density at radius 3 is 2.41 bits per heavy atom. The van der Waals surface area contributed by atoms with Crippen molar-refractivity contribution in [3.05, 3.63) is 59.7 Å². The Balaban J connectivity index is 1.54. The number of rotatable bonds is 4. The van der Waals surface area contributed by atoms with E-state index in [1.165, 1.54) is 10.6 Å². The van der Waals surface area contributed by atoms with Gasteiger partial charge in [0.05, 0.1) is 32.2 Å². The van der Waals surface area contributed by atoms with Crippen molar-refractivity contribution in [3.63, 3.8) is 0 Å². The van der Waals surface area contributed by atoms with Gasteiger partial charge < -0.3 is 19.6 Å². The predicted molar refractivity (Wildman–Crippen MR) is 121 cm³/mol. The van der Waals surface area contributed by atoms with E-state index in [9.17, 15) is 8.42 Å². The van der Waals surface area contributed by atoms with Crippen molar-refractivity contribution >= 4 is 15.7 Å². The molecular formula is C23H27N3O5S. The number of hydrazine groups is 1. The van der Waals surface area contributed by atoms with E-state index in [4.69, 9.17) is 14.2 Å². The quantitative estimate of drug-likeness (QED) is 0.756. The molecule has 8 nitrogen and oxygen atoms in total. The number of hydrogen-bond acceptors (Lipinski definition) is 7. The Labute approximate surface area is 188 Å². The Hall–Kier alpha value is -2.75. The molecule has 170 valence electrons. The number of benzene rings is 2. The summed E-state index contributed by atoms with van der Waals surface area (Å²) in [5.74, 6) is 2.20. The monoisotopic (exact) mass is 457 g/mol. The van der Waals surface area contributed by atoms with E-state index in [0.29, 0.717) is 31.7 Å². The molecule has 2 aromatic carbocycles. The molecule has 3 aliphatic rings. The fourth-order valence-corrected chi connectivity index (χ4v) is 5.62. The first-order valence-corrected chi connectivity index (χ1v) is 12.4. The van der Waals surface area contributed by atoms with Crippen LogP contribution in [0.3, 0.4) is 0 Å². The summed E-state index contributed by atoms with van der Waals surface area (Å²) in [4.78, 5) is 0. The average molecular weight is 458 g/mol. The van der Waals surface area contributed by atoms with E-state index in [0.717, 1.165) is 28.3 Å². The molecule has 2 aromatic rings. The second kappa shape index (κ2) is 7.68. The summed E-state index contributed by atoms with van der Waals surface area (Å²) >= 11 is 0. The maximum absolute atomic E-state index is 12.1. The van der Waals surface area contributed by atoms with Crippen LogP contribution < -0.4 is 19.6 Å². The predicted octanol–water partition coefficient (Wildman–Crippen LogP) is 2.75. The highest BCUT2D eigenvalue weighted by Gasteiger charge is 2.53. The summed E-state index contributed by atoms with van der Waals surface area (Å²) in [6.07, 6.45) is 4.51. The molecule has 3 heterocycles. The zero-order valence-corrected chi connectivity index (χ0v) is 19.2. The summed E-state index contributed by atoms with van der Waals surface area (Å²) in [7, 11) is 0.0364. The molecule has 1 spiro atoms. The summed E-state index contributed by atoms with van der Waals surface area (Å²) < 4.78 is 43.2. The van der Waals surface area contributed by atoms with Gasteiger partial charge in [-0.25, -0.2) is 12.7 Å². The first-order chi connectivity index (χ1) is 15.3. The lowest BCUT2D eigenvalue weighted by Crippen LogP contribution is -2.64. The third-order valence-electron chi connectivity index (χ3n) is 6.50. The summed E-state index contributed by atoms with van der Waals surface area (Å²) in [5.41, 5.74) is 5.88. The van der Waals surface area contributed by atoms with Crippen LogP contribution in [0.5, 0.6) is 17.2 Å². The Bertz CT molecular complexity index is 1150. The van der Waals surface area contributed by atoms with Gasteiger partial charge in [-0.1, -0.05) is 12.1 Å². The van der Waals surface area contributed by atoms with Crippen molar-refractivity contribution < 1.29 is 22.6 Å². The topological polar surface area (TPSA) is 80.3 Å². The second-order valence-corrected chi connectivity index (χ2v) is 10.3. The molecule has 0 radical (unpaired) electrons. The third-order valence-corrected chi connectivity index (χ3v) is 7.80. The smallest absolute Gasteiger partial charge is 0.211 e. The number of nitrogens with one attached hydrogen (secondary N) is 1. The molecule has 5 rings (SSSR count). The number of methoxy groups -OCH3 is 2. The number of hydrogen-bond donors (Lipinski definition) is 1. The van der Waals surface area contributed by atoms with Crippen LogP contribution in [0.15, 0.2) is 48.5 Å². The minimum atomic E-state index is -3.25. The molecule has 9 heteroatoms. The standard InChI is InChI=1S/C23H27N3O5S/c1-29-17-9-7-16(8-10-17)19-15-20-18-5-4-6-21(30-2)22(18)31-23(26(20)24-19)11-13-25(14-12-23)32(3,27)28/h4-10,15,20,24H,11-14H2,1-3H3/t20-/m0/s1. The first-order valence-electron chi connectivity index (χ1n) is 10.6. The Morgan fingerprint density at radius 2 is 1.78 bits per heavy atom. The third kappa shape index (κ3) is 3.41. The van der Waals surface area contributed by atoms with E-state index in [2.05, 4.69) is 16.5 Å². The number of nitrogens with zero attached hydrogens (tertiary/aromatic N) is 2. The lowest BCUT2D eigenvalue weighted by atomic mass is 9.93. The van der Waals surface area contributed by atoms with Gasteiger partial charge in [-0.2, -0.15) is 5.01 Å². The van der Waals surface area contributed by atoms with Gasteiger partial charge >= 0.3 is 0 Å². The van der Waals surface area contributed by atoms with Crippen molar-refractivity contribution in [1.29, 1.82) is 0 Å². The fraction of sp³-hybridized carbons (Fsp3) is 0.391. The van der Waals surface area contributed by atoms with Crippen LogP contribution in [0, 0.1) is 0 Å². The van der Waals surface area contributed by atoms with E-state index < -0.39 is 15.7 Å². The number of sulfonamides is 1. The molecule has 1 atom stereocenters. The van der Waals surface area contributed by atoms with Crippen molar-refractivity contribution in [2.45, 2.75) is 24.6 Å². The van der Waals surface area contributed by atoms with Crippen LogP contribution in [-0.2, 0) is 10.0 Å². The van der Waals surface area contributed by atoms with Crippen LogP contribution in [0.25, 0.3) is 5.70 Å². The molecule has 32 heavy (non-hydrogen) atoms. The van der Waals surface area contributed by atoms with Gasteiger partial charge in [-0.05, 0) is 42.0 Å². The Kier molecular flexibility index (Phi) is 5.07. The minimum absolute atomic E-state index is 0.0734. The molecule has 0 amide bonds. The zero-order chi connectivity index (χ0) is 22.5. The van der Waals surface area contributed by atoms with E-state index in [-0.39, 0.29) is 6.04 Å². The molecule has 3 aliphatic heterocycles. The van der Waals surface area contributed by atoms with E-state index in [1.807, 2.05) is 42.5 Å². The highest BCUT2D eigenvalue weighted by Crippen LogP contribution is 2.51. The summed E-state index contributed by atoms with van der Waals surface area (Å²) in [6.45, 7) is 0.790. The average Bonchev–Trinajstić information content (AvgIpc) is 3.25. The molecule has 0 unspecified atom stereocenters. The Morgan fingerprint density at radius 1 is 1.06 bits per heavy atom. The van der Waals surface area contributed by atoms with Crippen molar-refractivity contribution in [2.24, 2.45) is 0 Å². The lowest BCUT2D eigenvalue weighted by molar-refractivity contribution is -0.154. The molecule has 0 aliphatic carbocycles. The van der Waals surface area contributed by atoms with Crippen LogP contribution in [-0.4, -0.2) is 57.0 Å². The highest BCUT2D eigenvalue weighted by atomic mass is 32.2. The molecule has 1 saturated heterocycles. The summed E-state index contributed by atoms with van der Waals surface area (Å²) in [6, 6.07) is 13.7. The van der Waals surface area contributed by atoms with Crippen LogP contribution in [0.2, 0.25) is 0 Å². The van der Waals surface area contributed by atoms with Crippen molar-refractivity contribution in [2.75, 3.05) is 33.6 Å². The van der Waals surface area contributed by atoms with Gasteiger partial charge in [0.15, 0.2) is 17.2 Å². The molecule has 1 fully saturated rings. The van der Waals surface area contributed by atoms with Gasteiger partial charge in [0.2, 0.25) is 10.0 Å².